The Hall–Kier alpha value is -0.730. The number of Topliss-reactive ketones (excluding diaryl/α,β-unsaturated/α-hetero) is 2. The van der Waals surface area contributed by atoms with Crippen LogP contribution in [-0.2, 0) is 9.59 Å². The minimum absolute atomic E-state index is 0.141. The summed E-state index contributed by atoms with van der Waals surface area (Å²) in [7, 11) is 0. The zero-order chi connectivity index (χ0) is 8.72. The molecule has 0 spiro atoms. The second-order valence-electron chi connectivity index (χ2n) is 3.68. The Kier molecular flexibility index (Phi) is 1.74. The van der Waals surface area contributed by atoms with E-state index in [1.165, 1.54) is 0 Å². The molecule has 2 aliphatic rings. The molecule has 0 aromatic carbocycles. The largest absolute Gasteiger partial charge is 0.299 e. The maximum atomic E-state index is 13.2. The molecule has 2 nitrogen and oxygen atoms in total. The van der Waals surface area contributed by atoms with E-state index in [9.17, 15) is 14.0 Å². The van der Waals surface area contributed by atoms with Crippen molar-refractivity contribution in [2.45, 2.75) is 31.9 Å². The predicted octanol–water partition coefficient (Wildman–Crippen LogP) is 1.28. The fourth-order valence-electron chi connectivity index (χ4n) is 2.33. The lowest BCUT2D eigenvalue weighted by Crippen LogP contribution is -2.35. The van der Waals surface area contributed by atoms with Gasteiger partial charge in [0, 0.05) is 24.7 Å². The van der Waals surface area contributed by atoms with Crippen molar-refractivity contribution < 1.29 is 14.0 Å². The van der Waals surface area contributed by atoms with Crippen LogP contribution in [0.15, 0.2) is 0 Å². The van der Waals surface area contributed by atoms with E-state index in [1.54, 1.807) is 0 Å². The van der Waals surface area contributed by atoms with E-state index in [0.717, 1.165) is 0 Å². The molecule has 3 atom stereocenters. The van der Waals surface area contributed by atoms with Crippen molar-refractivity contribution in [2.24, 2.45) is 11.8 Å². The van der Waals surface area contributed by atoms with Gasteiger partial charge in [-0.15, -0.1) is 0 Å². The Morgan fingerprint density at radius 1 is 1.08 bits per heavy atom. The minimum Gasteiger partial charge on any atom is -0.299 e. The summed E-state index contributed by atoms with van der Waals surface area (Å²) in [5.74, 6) is -0.558. The van der Waals surface area contributed by atoms with Gasteiger partial charge in [-0.25, -0.2) is 4.39 Å². The maximum absolute atomic E-state index is 13.2. The van der Waals surface area contributed by atoms with Crippen LogP contribution in [-0.4, -0.2) is 17.7 Å². The van der Waals surface area contributed by atoms with Crippen LogP contribution in [0, 0.1) is 11.8 Å². The van der Waals surface area contributed by atoms with Crippen LogP contribution in [0.2, 0.25) is 0 Å². The van der Waals surface area contributed by atoms with E-state index < -0.39 is 6.17 Å². The topological polar surface area (TPSA) is 34.1 Å². The number of ketones is 2. The lowest BCUT2D eigenvalue weighted by atomic mass is 9.79. The van der Waals surface area contributed by atoms with Crippen LogP contribution in [0.5, 0.6) is 0 Å². The third kappa shape index (κ3) is 0.993. The molecule has 0 radical (unpaired) electrons. The van der Waals surface area contributed by atoms with Gasteiger partial charge < -0.3 is 0 Å². The molecule has 12 heavy (non-hydrogen) atoms. The zero-order valence-corrected chi connectivity index (χ0v) is 6.75. The van der Waals surface area contributed by atoms with Crippen molar-refractivity contribution >= 4 is 11.6 Å². The van der Waals surface area contributed by atoms with Gasteiger partial charge in [-0.1, -0.05) is 0 Å². The van der Waals surface area contributed by atoms with E-state index in [-0.39, 0.29) is 29.8 Å². The van der Waals surface area contributed by atoms with Crippen LogP contribution in [0.3, 0.4) is 0 Å². The molecular weight excluding hydrogens is 159 g/mol. The second kappa shape index (κ2) is 2.64. The highest BCUT2D eigenvalue weighted by molar-refractivity contribution is 5.90. The number of hydrogen-bond acceptors (Lipinski definition) is 2. The molecule has 0 N–H and O–H groups in total. The summed E-state index contributed by atoms with van der Waals surface area (Å²) < 4.78 is 13.2. The first-order valence-electron chi connectivity index (χ1n) is 4.39. The first-order valence-corrected chi connectivity index (χ1v) is 4.39. The van der Waals surface area contributed by atoms with Gasteiger partial charge in [0.1, 0.15) is 5.78 Å². The summed E-state index contributed by atoms with van der Waals surface area (Å²) in [6.07, 6.45) is 0.547. The highest BCUT2D eigenvalue weighted by Crippen LogP contribution is 2.39. The number of hydrogen-bond donors (Lipinski definition) is 0. The van der Waals surface area contributed by atoms with E-state index in [0.29, 0.717) is 19.3 Å². The van der Waals surface area contributed by atoms with Gasteiger partial charge in [-0.05, 0) is 12.8 Å². The molecule has 0 amide bonds. The molecule has 3 unspecified atom stereocenters. The average Bonchev–Trinajstić information content (AvgIpc) is 2.41. The minimum atomic E-state index is -1.35. The first-order chi connectivity index (χ1) is 5.70. The smallest absolute Gasteiger partial charge is 0.167 e. The number of alkyl halides is 1. The summed E-state index contributed by atoms with van der Waals surface area (Å²) in [5, 5.41) is 0. The lowest BCUT2D eigenvalue weighted by Gasteiger charge is -2.26. The fraction of sp³-hybridized carbons (Fsp3) is 0.778. The third-order valence-corrected chi connectivity index (χ3v) is 3.04. The number of halogens is 1. The SMILES string of the molecule is O=C1CCC2C(=O)CCC2C1F. The molecule has 2 aliphatic carbocycles. The molecule has 0 aliphatic heterocycles. The van der Waals surface area contributed by atoms with Crippen molar-refractivity contribution in [2.75, 3.05) is 0 Å². The Balaban J connectivity index is 2.19. The molecule has 0 aromatic heterocycles. The van der Waals surface area contributed by atoms with Crippen LogP contribution in [0.25, 0.3) is 0 Å². The molecule has 0 heterocycles. The molecule has 3 heteroatoms. The van der Waals surface area contributed by atoms with Gasteiger partial charge in [-0.2, -0.15) is 0 Å². The molecule has 2 rings (SSSR count). The van der Waals surface area contributed by atoms with E-state index in [2.05, 4.69) is 0 Å². The van der Waals surface area contributed by atoms with Gasteiger partial charge in [0.05, 0.1) is 0 Å². The number of rotatable bonds is 0. The van der Waals surface area contributed by atoms with Crippen LogP contribution in [0.1, 0.15) is 25.7 Å². The molecule has 2 saturated carbocycles. The monoisotopic (exact) mass is 170 g/mol. The number of carbonyl (C=O) groups is 2. The fourth-order valence-corrected chi connectivity index (χ4v) is 2.33. The van der Waals surface area contributed by atoms with Crippen LogP contribution in [0.4, 0.5) is 4.39 Å². The average molecular weight is 170 g/mol. The Labute approximate surface area is 70.1 Å². The van der Waals surface area contributed by atoms with Crippen molar-refractivity contribution in [3.8, 4) is 0 Å². The maximum Gasteiger partial charge on any atom is 0.167 e. The highest BCUT2D eigenvalue weighted by atomic mass is 19.1. The van der Waals surface area contributed by atoms with Gasteiger partial charge in [0.25, 0.3) is 0 Å². The van der Waals surface area contributed by atoms with Gasteiger partial charge >= 0.3 is 0 Å². The summed E-state index contributed by atoms with van der Waals surface area (Å²) in [6, 6.07) is 0. The van der Waals surface area contributed by atoms with Gasteiger partial charge in [-0.3, -0.25) is 9.59 Å². The van der Waals surface area contributed by atoms with E-state index in [1.807, 2.05) is 0 Å². The first kappa shape index (κ1) is 7.90. The van der Waals surface area contributed by atoms with Gasteiger partial charge in [0.15, 0.2) is 12.0 Å². The number of carbonyl (C=O) groups excluding carboxylic acids is 2. The summed E-state index contributed by atoms with van der Waals surface area (Å²) in [4.78, 5) is 22.1. The summed E-state index contributed by atoms with van der Waals surface area (Å²) in [6.45, 7) is 0. The third-order valence-electron chi connectivity index (χ3n) is 3.04. The quantitative estimate of drug-likeness (QED) is 0.548. The standard InChI is InChI=1S/C9H11FO2/c10-9-6-2-3-7(11)5(6)1-4-8(9)12/h5-6,9H,1-4H2. The predicted molar refractivity (Wildman–Crippen MR) is 40.4 cm³/mol. The van der Waals surface area contributed by atoms with Crippen molar-refractivity contribution in [3.63, 3.8) is 0 Å². The van der Waals surface area contributed by atoms with Crippen molar-refractivity contribution in [1.82, 2.24) is 0 Å². The van der Waals surface area contributed by atoms with Crippen LogP contribution >= 0.6 is 0 Å². The summed E-state index contributed by atoms with van der Waals surface area (Å²) in [5.41, 5.74) is 0. The second-order valence-corrected chi connectivity index (χ2v) is 3.68. The van der Waals surface area contributed by atoms with E-state index >= 15 is 0 Å². The molecule has 0 aromatic rings. The molecule has 2 fully saturated rings. The summed E-state index contributed by atoms with van der Waals surface area (Å²) >= 11 is 0. The van der Waals surface area contributed by atoms with Crippen molar-refractivity contribution in [1.29, 1.82) is 0 Å². The van der Waals surface area contributed by atoms with Gasteiger partial charge in [0.2, 0.25) is 0 Å². The lowest BCUT2D eigenvalue weighted by molar-refractivity contribution is -0.131. The van der Waals surface area contributed by atoms with E-state index in [4.69, 9.17) is 0 Å². The molecule has 66 valence electrons. The Bertz CT molecular complexity index is 235. The molecule has 0 saturated heterocycles. The van der Waals surface area contributed by atoms with Crippen molar-refractivity contribution in [3.05, 3.63) is 0 Å². The Morgan fingerprint density at radius 2 is 1.75 bits per heavy atom. The Morgan fingerprint density at radius 3 is 2.50 bits per heavy atom. The highest BCUT2D eigenvalue weighted by Gasteiger charge is 2.45. The molecular formula is C9H11FO2. The molecule has 0 bridgehead atoms. The number of fused-ring (bicyclic) bond motifs is 1. The van der Waals surface area contributed by atoms with Crippen LogP contribution < -0.4 is 0 Å². The zero-order valence-electron chi connectivity index (χ0n) is 6.75. The normalized spacial score (nSPS) is 41.6.